The Bertz CT molecular complexity index is 1280. The van der Waals surface area contributed by atoms with E-state index in [1.165, 1.54) is 44.2 Å². The number of halogens is 1. The van der Waals surface area contributed by atoms with Crippen LogP contribution in [-0.4, -0.2) is 52.6 Å². The first-order valence-electron chi connectivity index (χ1n) is 11.3. The molecule has 1 heterocycles. The molecule has 1 N–H and O–H groups in total. The van der Waals surface area contributed by atoms with Crippen molar-refractivity contribution in [2.75, 3.05) is 25.3 Å². The average Bonchev–Trinajstić information content (AvgIpc) is 3.31. The molecule has 0 radical (unpaired) electrons. The summed E-state index contributed by atoms with van der Waals surface area (Å²) < 4.78 is 17.4. The average molecular weight is 547 g/mol. The van der Waals surface area contributed by atoms with E-state index in [9.17, 15) is 14.4 Å². The van der Waals surface area contributed by atoms with E-state index in [-0.39, 0.29) is 28.5 Å². The minimum absolute atomic E-state index is 0.0136. The lowest BCUT2D eigenvalue weighted by Gasteiger charge is -2.17. The fourth-order valence-corrected chi connectivity index (χ4v) is 4.53. The van der Waals surface area contributed by atoms with E-state index < -0.39 is 18.0 Å². The molecule has 0 aliphatic carbocycles. The largest absolute Gasteiger partial charge is 0.482 e. The number of nitrogens with zero attached hydrogens (tertiary/aromatic N) is 3. The zero-order chi connectivity index (χ0) is 27.1. The van der Waals surface area contributed by atoms with Crippen molar-refractivity contribution in [3.63, 3.8) is 0 Å². The highest BCUT2D eigenvalue weighted by molar-refractivity contribution is 7.99. The Hall–Kier alpha value is -3.57. The van der Waals surface area contributed by atoms with Gasteiger partial charge in [-0.25, -0.2) is 9.59 Å². The van der Waals surface area contributed by atoms with Crippen LogP contribution in [0, 0.1) is 6.92 Å². The van der Waals surface area contributed by atoms with E-state index in [1.807, 2.05) is 37.5 Å². The summed E-state index contributed by atoms with van der Waals surface area (Å²) in [6.45, 7) is 6.30. The van der Waals surface area contributed by atoms with Crippen LogP contribution >= 0.6 is 23.4 Å². The van der Waals surface area contributed by atoms with Gasteiger partial charge < -0.3 is 24.1 Å². The van der Waals surface area contributed by atoms with Crippen molar-refractivity contribution in [1.82, 2.24) is 14.8 Å². The van der Waals surface area contributed by atoms with E-state index >= 15 is 0 Å². The molecule has 1 amide bonds. The third-order valence-electron chi connectivity index (χ3n) is 5.26. The number of esters is 2. The maximum Gasteiger partial charge on any atom is 0.337 e. The second-order valence-corrected chi connectivity index (χ2v) is 9.25. The number of ether oxygens (including phenoxy) is 3. The molecule has 0 aliphatic rings. The summed E-state index contributed by atoms with van der Waals surface area (Å²) in [6, 6.07) is 9.57. The zero-order valence-corrected chi connectivity index (χ0v) is 22.6. The summed E-state index contributed by atoms with van der Waals surface area (Å²) in [6.07, 6.45) is -0.395. The topological polar surface area (TPSA) is 122 Å². The van der Waals surface area contributed by atoms with Crippen LogP contribution in [0.1, 0.15) is 52.1 Å². The van der Waals surface area contributed by atoms with Gasteiger partial charge in [-0.2, -0.15) is 0 Å². The molecule has 0 bridgehead atoms. The third kappa shape index (κ3) is 7.01. The number of aromatic nitrogens is 3. The number of anilines is 1. The molecular formula is C25H27ClN4O6S. The Balaban J connectivity index is 1.70. The molecule has 1 atom stereocenters. The van der Waals surface area contributed by atoms with Crippen LogP contribution in [0.5, 0.6) is 5.75 Å². The van der Waals surface area contributed by atoms with Crippen LogP contribution < -0.4 is 10.1 Å². The van der Waals surface area contributed by atoms with Crippen molar-refractivity contribution in [2.24, 2.45) is 0 Å². The number of rotatable bonds is 10. The van der Waals surface area contributed by atoms with Gasteiger partial charge in [0.1, 0.15) is 5.75 Å². The standard InChI is InChI=1S/C25H27ClN4O6S/c1-6-30-22(15(3)36-20-8-7-18(26)9-14(20)2)28-29-25(30)37-13-21(31)27-19-11-16(23(32)34-4)10-17(12-19)24(33)35-5/h7-12,15H,6,13H2,1-5H3,(H,27,31). The van der Waals surface area contributed by atoms with Gasteiger partial charge in [-0.15, -0.1) is 10.2 Å². The molecule has 3 aromatic rings. The van der Waals surface area contributed by atoms with Gasteiger partial charge in [-0.1, -0.05) is 23.4 Å². The Morgan fingerprint density at radius 1 is 1.05 bits per heavy atom. The molecule has 0 aliphatic heterocycles. The van der Waals surface area contributed by atoms with Gasteiger partial charge in [0.05, 0.1) is 31.1 Å². The molecule has 10 nitrogen and oxygen atoms in total. The maximum atomic E-state index is 12.7. The molecule has 0 fully saturated rings. The van der Waals surface area contributed by atoms with Crippen molar-refractivity contribution < 1.29 is 28.6 Å². The molecule has 12 heteroatoms. The highest BCUT2D eigenvalue weighted by atomic mass is 35.5. The Labute approximate surface area is 223 Å². The highest BCUT2D eigenvalue weighted by Crippen LogP contribution is 2.28. The number of carbonyl (C=O) groups excluding carboxylic acids is 3. The molecule has 1 aromatic heterocycles. The zero-order valence-electron chi connectivity index (χ0n) is 21.0. The van der Waals surface area contributed by atoms with Crippen LogP contribution in [0.2, 0.25) is 5.02 Å². The number of hydrogen-bond donors (Lipinski definition) is 1. The summed E-state index contributed by atoms with van der Waals surface area (Å²) >= 11 is 7.23. The molecular weight excluding hydrogens is 520 g/mol. The van der Waals surface area contributed by atoms with E-state index in [1.54, 1.807) is 6.07 Å². The number of carbonyl (C=O) groups is 3. The Morgan fingerprint density at radius 3 is 2.27 bits per heavy atom. The summed E-state index contributed by atoms with van der Waals surface area (Å²) in [4.78, 5) is 36.6. The third-order valence-corrected chi connectivity index (χ3v) is 6.46. The number of amides is 1. The highest BCUT2D eigenvalue weighted by Gasteiger charge is 2.21. The van der Waals surface area contributed by atoms with E-state index in [4.69, 9.17) is 25.8 Å². The lowest BCUT2D eigenvalue weighted by atomic mass is 10.1. The fourth-order valence-electron chi connectivity index (χ4n) is 3.49. The Morgan fingerprint density at radius 2 is 1.70 bits per heavy atom. The first-order chi connectivity index (χ1) is 17.7. The van der Waals surface area contributed by atoms with Gasteiger partial charge >= 0.3 is 11.9 Å². The molecule has 196 valence electrons. The van der Waals surface area contributed by atoms with Gasteiger partial charge in [0.15, 0.2) is 17.1 Å². The van der Waals surface area contributed by atoms with Crippen molar-refractivity contribution in [1.29, 1.82) is 0 Å². The molecule has 0 saturated carbocycles. The molecule has 0 spiro atoms. The normalized spacial score (nSPS) is 11.5. The summed E-state index contributed by atoms with van der Waals surface area (Å²) in [5.41, 5.74) is 1.37. The summed E-state index contributed by atoms with van der Waals surface area (Å²) in [5, 5.41) is 12.4. The lowest BCUT2D eigenvalue weighted by molar-refractivity contribution is -0.113. The van der Waals surface area contributed by atoms with Crippen LogP contribution in [-0.2, 0) is 20.8 Å². The predicted octanol–water partition coefficient (Wildman–Crippen LogP) is 4.70. The lowest BCUT2D eigenvalue weighted by Crippen LogP contribution is -2.17. The molecule has 2 aromatic carbocycles. The maximum absolute atomic E-state index is 12.7. The number of benzene rings is 2. The number of methoxy groups -OCH3 is 2. The van der Waals surface area contributed by atoms with Crippen LogP contribution in [0.25, 0.3) is 0 Å². The minimum Gasteiger partial charge on any atom is -0.482 e. The second kappa shape index (κ2) is 12.6. The quantitative estimate of drug-likeness (QED) is 0.284. The van der Waals surface area contributed by atoms with Gasteiger partial charge in [-0.05, 0) is 62.7 Å². The first kappa shape index (κ1) is 28.0. The minimum atomic E-state index is -0.649. The van der Waals surface area contributed by atoms with Crippen molar-refractivity contribution in [3.8, 4) is 5.75 Å². The van der Waals surface area contributed by atoms with E-state index in [0.29, 0.717) is 28.3 Å². The van der Waals surface area contributed by atoms with Crippen molar-refractivity contribution in [3.05, 3.63) is 63.9 Å². The van der Waals surface area contributed by atoms with Gasteiger partial charge in [0.2, 0.25) is 5.91 Å². The van der Waals surface area contributed by atoms with Crippen molar-refractivity contribution in [2.45, 2.75) is 38.6 Å². The predicted molar refractivity (Wildman–Crippen MR) is 139 cm³/mol. The summed E-state index contributed by atoms with van der Waals surface area (Å²) in [7, 11) is 2.45. The summed E-state index contributed by atoms with van der Waals surface area (Å²) in [5.74, 6) is -0.339. The van der Waals surface area contributed by atoms with Gasteiger partial charge in [0, 0.05) is 17.3 Å². The number of thioether (sulfide) groups is 1. The number of aryl methyl sites for hydroxylation is 1. The smallest absolute Gasteiger partial charge is 0.337 e. The van der Waals surface area contributed by atoms with E-state index in [2.05, 4.69) is 15.5 Å². The van der Waals surface area contributed by atoms with Gasteiger partial charge in [0.25, 0.3) is 0 Å². The molecule has 0 saturated heterocycles. The van der Waals surface area contributed by atoms with E-state index in [0.717, 1.165) is 5.56 Å². The second-order valence-electron chi connectivity index (χ2n) is 7.87. The van der Waals surface area contributed by atoms with Gasteiger partial charge in [-0.3, -0.25) is 4.79 Å². The number of hydrogen-bond acceptors (Lipinski definition) is 9. The SMILES string of the molecule is CCn1c(SCC(=O)Nc2cc(C(=O)OC)cc(C(=O)OC)c2)nnc1C(C)Oc1ccc(Cl)cc1C. The van der Waals surface area contributed by atoms with Crippen LogP contribution in [0.3, 0.4) is 0 Å². The molecule has 3 rings (SSSR count). The first-order valence-corrected chi connectivity index (χ1v) is 12.6. The number of nitrogens with one attached hydrogen (secondary N) is 1. The van der Waals surface area contributed by atoms with Crippen molar-refractivity contribution >= 4 is 46.9 Å². The molecule has 1 unspecified atom stereocenters. The van der Waals surface area contributed by atoms with Crippen LogP contribution in [0.15, 0.2) is 41.6 Å². The van der Waals surface area contributed by atoms with Crippen LogP contribution in [0.4, 0.5) is 5.69 Å². The molecule has 37 heavy (non-hydrogen) atoms. The Kier molecular flexibility index (Phi) is 9.54. The fraction of sp³-hybridized carbons (Fsp3) is 0.320. The monoisotopic (exact) mass is 546 g/mol.